The minimum atomic E-state index is -4.04. The van der Waals surface area contributed by atoms with Gasteiger partial charge in [-0.1, -0.05) is 0 Å². The predicted octanol–water partition coefficient (Wildman–Crippen LogP) is 4.00. The number of sulfonamides is 1. The van der Waals surface area contributed by atoms with Gasteiger partial charge in [0.05, 0.1) is 19.1 Å². The topological polar surface area (TPSA) is 142 Å². The zero-order valence-corrected chi connectivity index (χ0v) is 20.7. The lowest BCUT2D eigenvalue weighted by Gasteiger charge is -2.10. The average molecular weight is 547 g/mol. The van der Waals surface area contributed by atoms with Crippen molar-refractivity contribution in [2.24, 2.45) is 0 Å². The zero-order valence-electron chi connectivity index (χ0n) is 19.9. The molecule has 2 aromatic heterocycles. The lowest BCUT2D eigenvalue weighted by molar-refractivity contribution is 0.0992. The van der Waals surface area contributed by atoms with Crippen LogP contribution in [0.5, 0.6) is 17.6 Å². The van der Waals surface area contributed by atoms with Crippen molar-refractivity contribution in [3.63, 3.8) is 0 Å². The number of ether oxygens (including phenoxy) is 3. The molecule has 1 amide bonds. The van der Waals surface area contributed by atoms with Crippen LogP contribution in [0.25, 0.3) is 0 Å². The van der Waals surface area contributed by atoms with Gasteiger partial charge < -0.3 is 23.9 Å². The molecule has 0 atom stereocenters. The molecule has 0 spiro atoms. The summed E-state index contributed by atoms with van der Waals surface area (Å²) in [5.74, 6) is -2.19. The second-order valence-corrected chi connectivity index (χ2v) is 9.18. The summed E-state index contributed by atoms with van der Waals surface area (Å²) in [5, 5.41) is 2.58. The van der Waals surface area contributed by atoms with Gasteiger partial charge in [-0.15, -0.1) is 0 Å². The van der Waals surface area contributed by atoms with Crippen LogP contribution in [0, 0.1) is 11.6 Å². The fourth-order valence-electron chi connectivity index (χ4n) is 3.08. The van der Waals surface area contributed by atoms with E-state index in [2.05, 4.69) is 20.0 Å². The van der Waals surface area contributed by atoms with Gasteiger partial charge in [-0.2, -0.15) is 9.97 Å². The lowest BCUT2D eigenvalue weighted by Crippen LogP contribution is -2.15. The van der Waals surface area contributed by atoms with Gasteiger partial charge in [-0.05, 0) is 48.5 Å². The van der Waals surface area contributed by atoms with Crippen LogP contribution in [0.4, 0.5) is 20.3 Å². The minimum Gasteiger partial charge on any atom is -0.483 e. The minimum absolute atomic E-state index is 0.0619. The number of halogens is 2. The number of methoxy groups -OCH3 is 2. The highest BCUT2D eigenvalue weighted by molar-refractivity contribution is 7.92. The number of anilines is 2. The van der Waals surface area contributed by atoms with Gasteiger partial charge >= 0.3 is 6.01 Å². The number of aromatic nitrogens is 2. The maximum Gasteiger partial charge on any atom is 0.321 e. The molecule has 198 valence electrons. The van der Waals surface area contributed by atoms with Gasteiger partial charge in [0.15, 0.2) is 23.1 Å². The van der Waals surface area contributed by atoms with E-state index < -0.39 is 27.6 Å². The third kappa shape index (κ3) is 6.34. The van der Waals surface area contributed by atoms with Gasteiger partial charge in [0.1, 0.15) is 18.2 Å². The summed E-state index contributed by atoms with van der Waals surface area (Å²) in [6.45, 7) is -0.195. The van der Waals surface area contributed by atoms with E-state index in [0.29, 0.717) is 11.8 Å². The second kappa shape index (κ2) is 11.1. The molecule has 0 radical (unpaired) electrons. The molecule has 0 saturated heterocycles. The van der Waals surface area contributed by atoms with E-state index in [9.17, 15) is 22.0 Å². The fraction of sp³-hybridized carbons (Fsp3) is 0.125. The van der Waals surface area contributed by atoms with Crippen LogP contribution in [0.3, 0.4) is 0 Å². The van der Waals surface area contributed by atoms with Crippen molar-refractivity contribution in [2.75, 3.05) is 24.3 Å². The van der Waals surface area contributed by atoms with Crippen LogP contribution >= 0.6 is 0 Å². The van der Waals surface area contributed by atoms with Crippen molar-refractivity contribution in [2.45, 2.75) is 11.5 Å². The first kappa shape index (κ1) is 26.3. The molecule has 0 aliphatic heterocycles. The van der Waals surface area contributed by atoms with Crippen molar-refractivity contribution in [3.8, 4) is 17.6 Å². The summed E-state index contributed by atoms with van der Waals surface area (Å²) in [6.07, 6.45) is 0. The normalized spacial score (nSPS) is 11.1. The summed E-state index contributed by atoms with van der Waals surface area (Å²) in [4.78, 5) is 20.2. The number of nitrogens with one attached hydrogen (secondary N) is 2. The van der Waals surface area contributed by atoms with Crippen LogP contribution < -0.4 is 24.2 Å². The lowest BCUT2D eigenvalue weighted by atomic mass is 10.3. The predicted molar refractivity (Wildman–Crippen MR) is 130 cm³/mol. The SMILES string of the molecule is COc1cc(NS(=O)(=O)c2ccc(NC(=O)c3ccc(COc4ccc(F)cc4F)o3)cc2)nc(OC)n1. The maximum absolute atomic E-state index is 13.7. The molecular formula is C24H20F2N4O7S. The Labute approximate surface area is 215 Å². The number of rotatable bonds is 10. The zero-order chi connectivity index (χ0) is 27.3. The van der Waals surface area contributed by atoms with E-state index >= 15 is 0 Å². The third-order valence-electron chi connectivity index (χ3n) is 4.88. The number of carbonyl (C=O) groups excluding carboxylic acids is 1. The van der Waals surface area contributed by atoms with Gasteiger partial charge in [-0.25, -0.2) is 17.2 Å². The Hall–Kier alpha value is -4.72. The Morgan fingerprint density at radius 3 is 2.42 bits per heavy atom. The molecule has 0 saturated carbocycles. The van der Waals surface area contributed by atoms with Crippen molar-refractivity contribution in [1.82, 2.24) is 9.97 Å². The summed E-state index contributed by atoms with van der Waals surface area (Å²) >= 11 is 0. The number of hydrogen-bond acceptors (Lipinski definition) is 9. The van der Waals surface area contributed by atoms with Gasteiger partial charge in [-0.3, -0.25) is 9.52 Å². The van der Waals surface area contributed by atoms with Crippen LogP contribution in [0.2, 0.25) is 0 Å². The van der Waals surface area contributed by atoms with Crippen molar-refractivity contribution in [3.05, 3.63) is 83.8 Å². The Morgan fingerprint density at radius 2 is 1.74 bits per heavy atom. The second-order valence-electron chi connectivity index (χ2n) is 7.50. The fourth-order valence-corrected chi connectivity index (χ4v) is 4.07. The highest BCUT2D eigenvalue weighted by Crippen LogP contribution is 2.23. The van der Waals surface area contributed by atoms with E-state index in [1.165, 1.54) is 56.7 Å². The quantitative estimate of drug-likeness (QED) is 0.302. The average Bonchev–Trinajstić information content (AvgIpc) is 3.37. The van der Waals surface area contributed by atoms with Crippen molar-refractivity contribution < 1.29 is 40.6 Å². The molecule has 14 heteroatoms. The number of amides is 1. The van der Waals surface area contributed by atoms with Crippen molar-refractivity contribution in [1.29, 1.82) is 0 Å². The molecule has 0 bridgehead atoms. The smallest absolute Gasteiger partial charge is 0.321 e. The summed E-state index contributed by atoms with van der Waals surface area (Å²) in [7, 11) is -1.35. The number of carbonyl (C=O) groups is 1. The molecule has 2 aromatic carbocycles. The molecule has 4 rings (SSSR count). The van der Waals surface area contributed by atoms with E-state index in [4.69, 9.17) is 18.6 Å². The van der Waals surface area contributed by atoms with Gasteiger partial charge in [0.2, 0.25) is 5.88 Å². The van der Waals surface area contributed by atoms with Gasteiger partial charge in [0, 0.05) is 17.8 Å². The Bertz CT molecular complexity index is 1540. The first-order valence-electron chi connectivity index (χ1n) is 10.7. The molecule has 38 heavy (non-hydrogen) atoms. The summed E-state index contributed by atoms with van der Waals surface area (Å²) in [5.41, 5.74) is 0.293. The van der Waals surface area contributed by atoms with Crippen LogP contribution in [-0.4, -0.2) is 38.5 Å². The molecule has 0 fully saturated rings. The highest BCUT2D eigenvalue weighted by atomic mass is 32.2. The molecule has 0 aliphatic carbocycles. The molecule has 11 nitrogen and oxygen atoms in total. The monoisotopic (exact) mass is 546 g/mol. The number of nitrogens with zero attached hydrogens (tertiary/aromatic N) is 2. The maximum atomic E-state index is 13.7. The van der Waals surface area contributed by atoms with Crippen LogP contribution in [-0.2, 0) is 16.6 Å². The number of furan rings is 1. The number of benzene rings is 2. The first-order chi connectivity index (χ1) is 18.2. The molecule has 0 aliphatic rings. The van der Waals surface area contributed by atoms with E-state index in [-0.39, 0.29) is 46.5 Å². The standard InChI is InChI=1S/C24H20F2N4O7S/c1-34-22-12-21(28-24(29-22)35-2)30-38(32,33)17-7-4-15(5-8-17)27-23(31)20-10-6-16(37-20)13-36-19-9-3-14(25)11-18(19)26/h3-12H,13H2,1-2H3,(H,27,31)(H,28,29,30). The van der Waals surface area contributed by atoms with E-state index in [1.54, 1.807) is 0 Å². The van der Waals surface area contributed by atoms with Crippen LogP contribution in [0.1, 0.15) is 16.3 Å². The summed E-state index contributed by atoms with van der Waals surface area (Å²) in [6, 6.07) is 12.3. The Kier molecular flexibility index (Phi) is 7.71. The first-order valence-corrected chi connectivity index (χ1v) is 12.2. The Balaban J connectivity index is 1.38. The molecular weight excluding hydrogens is 526 g/mol. The Morgan fingerprint density at radius 1 is 0.974 bits per heavy atom. The van der Waals surface area contributed by atoms with E-state index in [1.807, 2.05) is 0 Å². The molecule has 2 N–H and O–H groups in total. The van der Waals surface area contributed by atoms with E-state index in [0.717, 1.165) is 12.1 Å². The molecule has 0 unspecified atom stereocenters. The number of hydrogen-bond donors (Lipinski definition) is 2. The van der Waals surface area contributed by atoms with Gasteiger partial charge in [0.25, 0.3) is 15.9 Å². The molecule has 4 aromatic rings. The third-order valence-corrected chi connectivity index (χ3v) is 6.26. The van der Waals surface area contributed by atoms with Crippen LogP contribution in [0.15, 0.2) is 70.0 Å². The largest absolute Gasteiger partial charge is 0.483 e. The van der Waals surface area contributed by atoms with Crippen molar-refractivity contribution >= 4 is 27.4 Å². The summed E-state index contributed by atoms with van der Waals surface area (Å²) < 4.78 is 75.1. The molecule has 2 heterocycles. The highest BCUT2D eigenvalue weighted by Gasteiger charge is 2.18.